The van der Waals surface area contributed by atoms with Gasteiger partial charge in [0.25, 0.3) is 0 Å². The molecule has 0 N–H and O–H groups in total. The van der Waals surface area contributed by atoms with Gasteiger partial charge < -0.3 is 18.9 Å². The molecule has 1 saturated heterocycles. The summed E-state index contributed by atoms with van der Waals surface area (Å²) in [6.45, 7) is 7.80. The van der Waals surface area contributed by atoms with Crippen molar-refractivity contribution >= 4 is 55.0 Å². The molecular formula is C57H42O6. The lowest BCUT2D eigenvalue weighted by Crippen LogP contribution is -2.58. The molecule has 0 saturated carbocycles. The van der Waals surface area contributed by atoms with Gasteiger partial charge in [0.1, 0.15) is 12.2 Å². The van der Waals surface area contributed by atoms with Crippen molar-refractivity contribution in [1.82, 2.24) is 0 Å². The zero-order chi connectivity index (χ0) is 43.0. The summed E-state index contributed by atoms with van der Waals surface area (Å²) in [5.74, 6) is -1.38. The first-order valence-electron chi connectivity index (χ1n) is 21.0. The molecule has 0 spiro atoms. The molecule has 1 fully saturated rings. The molecule has 0 unspecified atom stereocenters. The first-order valence-corrected chi connectivity index (χ1v) is 21.0. The van der Waals surface area contributed by atoms with Crippen LogP contribution in [0.25, 0.3) is 43.1 Å². The SMILES string of the molecule is C=CC(=O)OC(c1cccc2ccccc12)(c1cccc2ccccc12)[C@@H]1OC(c2ccccc2)O[C@H]1C(OC(=O)C=C)(c1cccc2ccccc12)c1cccc2ccccc12. The highest BCUT2D eigenvalue weighted by Gasteiger charge is 2.65. The molecule has 10 rings (SSSR count). The van der Waals surface area contributed by atoms with Crippen LogP contribution in [0.15, 0.2) is 226 Å². The molecule has 0 amide bonds. The van der Waals surface area contributed by atoms with Gasteiger partial charge in [-0.2, -0.15) is 0 Å². The number of esters is 2. The molecule has 0 bridgehead atoms. The van der Waals surface area contributed by atoms with Crippen LogP contribution in [0.2, 0.25) is 0 Å². The largest absolute Gasteiger partial charge is 0.443 e. The Morgan fingerprint density at radius 2 is 0.683 bits per heavy atom. The van der Waals surface area contributed by atoms with Gasteiger partial charge in [-0.05, 0) is 43.1 Å². The predicted molar refractivity (Wildman–Crippen MR) is 249 cm³/mol. The van der Waals surface area contributed by atoms with Crippen molar-refractivity contribution in [3.05, 3.63) is 253 Å². The maximum atomic E-state index is 14.5. The van der Waals surface area contributed by atoms with Gasteiger partial charge in [0, 0.05) is 40.0 Å². The Kier molecular flexibility index (Phi) is 10.2. The fourth-order valence-electron chi connectivity index (χ4n) is 9.66. The Hall–Kier alpha value is -7.64. The van der Waals surface area contributed by atoms with E-state index in [0.717, 1.165) is 43.1 Å². The van der Waals surface area contributed by atoms with Crippen LogP contribution in [0, 0.1) is 0 Å². The summed E-state index contributed by atoms with van der Waals surface area (Å²) in [4.78, 5) is 29.0. The molecule has 6 heteroatoms. The lowest BCUT2D eigenvalue weighted by atomic mass is 9.69. The maximum absolute atomic E-state index is 14.5. The Morgan fingerprint density at radius 1 is 0.397 bits per heavy atom. The van der Waals surface area contributed by atoms with E-state index in [1.54, 1.807) is 0 Å². The standard InChI is InChI=1S/C57H42O6/c1-3-51(58)62-56(47-34-16-26-38-20-8-12-30-43(38)47,48-35-17-27-39-21-9-13-31-44(39)48)53-54(61-55(60-53)42-24-6-5-7-25-42)57(63-52(59)4-2,49-36-18-28-40-22-10-14-32-45(40)49)50-37-19-29-41-23-11-15-33-46(41)50/h3-37,53-55H,1-2H2/t53-,54-/m1/s1. The number of carbonyl (C=O) groups excluding carboxylic acids is 2. The van der Waals surface area contributed by atoms with Crippen LogP contribution in [0.4, 0.5) is 0 Å². The Morgan fingerprint density at radius 3 is 1.00 bits per heavy atom. The average molecular weight is 823 g/mol. The molecule has 63 heavy (non-hydrogen) atoms. The third kappa shape index (κ3) is 6.59. The fraction of sp³-hybridized carbons (Fsp3) is 0.0877. The van der Waals surface area contributed by atoms with Crippen molar-refractivity contribution in [3.63, 3.8) is 0 Å². The van der Waals surface area contributed by atoms with Gasteiger partial charge in [0.05, 0.1) is 0 Å². The van der Waals surface area contributed by atoms with E-state index < -0.39 is 41.6 Å². The Bertz CT molecular complexity index is 2830. The number of rotatable bonds is 11. The zero-order valence-electron chi connectivity index (χ0n) is 34.3. The van der Waals surface area contributed by atoms with Gasteiger partial charge in [0.15, 0.2) is 17.5 Å². The van der Waals surface area contributed by atoms with E-state index >= 15 is 0 Å². The highest BCUT2D eigenvalue weighted by molar-refractivity contribution is 5.95. The van der Waals surface area contributed by atoms with E-state index in [2.05, 4.69) is 13.2 Å². The van der Waals surface area contributed by atoms with Gasteiger partial charge in [0.2, 0.25) is 0 Å². The minimum Gasteiger partial charge on any atom is -0.443 e. The van der Waals surface area contributed by atoms with E-state index in [1.165, 1.54) is 12.2 Å². The maximum Gasteiger partial charge on any atom is 0.331 e. The molecule has 6 nitrogen and oxygen atoms in total. The Labute approximate surface area is 365 Å². The summed E-state index contributed by atoms with van der Waals surface area (Å²) in [6, 6.07) is 65.5. The van der Waals surface area contributed by atoms with E-state index in [9.17, 15) is 9.59 Å². The topological polar surface area (TPSA) is 71.1 Å². The minimum atomic E-state index is -1.82. The third-order valence-electron chi connectivity index (χ3n) is 12.3. The van der Waals surface area contributed by atoms with Crippen LogP contribution in [0.5, 0.6) is 0 Å². The number of hydrogen-bond donors (Lipinski definition) is 0. The number of fused-ring (bicyclic) bond motifs is 4. The van der Waals surface area contributed by atoms with Crippen molar-refractivity contribution in [2.24, 2.45) is 0 Å². The highest BCUT2D eigenvalue weighted by Crippen LogP contribution is 2.57. The lowest BCUT2D eigenvalue weighted by Gasteiger charge is -2.46. The van der Waals surface area contributed by atoms with Crippen LogP contribution in [0.3, 0.4) is 0 Å². The highest BCUT2D eigenvalue weighted by atomic mass is 16.8. The summed E-state index contributed by atoms with van der Waals surface area (Å²) in [6.07, 6.45) is -1.20. The number of hydrogen-bond acceptors (Lipinski definition) is 6. The van der Waals surface area contributed by atoms with Crippen LogP contribution >= 0.6 is 0 Å². The van der Waals surface area contributed by atoms with E-state index in [1.807, 2.05) is 200 Å². The van der Waals surface area contributed by atoms with E-state index in [4.69, 9.17) is 18.9 Å². The molecule has 0 aliphatic carbocycles. The van der Waals surface area contributed by atoms with Crippen molar-refractivity contribution in [3.8, 4) is 0 Å². The second-order valence-electron chi connectivity index (χ2n) is 15.7. The van der Waals surface area contributed by atoms with Gasteiger partial charge >= 0.3 is 11.9 Å². The van der Waals surface area contributed by atoms with E-state index in [0.29, 0.717) is 27.8 Å². The van der Waals surface area contributed by atoms with Crippen molar-refractivity contribution in [2.75, 3.05) is 0 Å². The lowest BCUT2D eigenvalue weighted by molar-refractivity contribution is -0.179. The fourth-order valence-corrected chi connectivity index (χ4v) is 9.66. The van der Waals surface area contributed by atoms with Gasteiger partial charge in [-0.15, -0.1) is 0 Å². The molecule has 1 aliphatic heterocycles. The second-order valence-corrected chi connectivity index (χ2v) is 15.7. The summed E-state index contributed by atoms with van der Waals surface area (Å²) >= 11 is 0. The van der Waals surface area contributed by atoms with E-state index in [-0.39, 0.29) is 0 Å². The second kappa shape index (κ2) is 16.3. The first kappa shape index (κ1) is 39.5. The van der Waals surface area contributed by atoms with Crippen molar-refractivity contribution in [2.45, 2.75) is 29.7 Å². The number of benzene rings is 9. The van der Waals surface area contributed by atoms with Crippen LogP contribution in [-0.2, 0) is 39.7 Å². The number of ether oxygens (including phenoxy) is 4. The van der Waals surface area contributed by atoms with Crippen molar-refractivity contribution in [1.29, 1.82) is 0 Å². The summed E-state index contributed by atoms with van der Waals surface area (Å²) < 4.78 is 29.3. The van der Waals surface area contributed by atoms with Crippen LogP contribution in [-0.4, -0.2) is 24.1 Å². The quantitative estimate of drug-likeness (QED) is 0.0956. The summed E-state index contributed by atoms with van der Waals surface area (Å²) in [7, 11) is 0. The van der Waals surface area contributed by atoms with Crippen LogP contribution < -0.4 is 0 Å². The third-order valence-corrected chi connectivity index (χ3v) is 12.3. The normalized spacial score (nSPS) is 15.7. The Balaban J connectivity index is 1.42. The minimum absolute atomic E-state index is 0.638. The molecule has 9 aromatic rings. The molecular weight excluding hydrogens is 781 g/mol. The van der Waals surface area contributed by atoms with Gasteiger partial charge in [-0.3, -0.25) is 0 Å². The molecule has 9 aromatic carbocycles. The smallest absolute Gasteiger partial charge is 0.331 e. The average Bonchev–Trinajstić information content (AvgIpc) is 3.81. The van der Waals surface area contributed by atoms with Crippen molar-refractivity contribution < 1.29 is 28.5 Å². The zero-order valence-corrected chi connectivity index (χ0v) is 34.3. The summed E-state index contributed by atoms with van der Waals surface area (Å²) in [5.41, 5.74) is -0.369. The summed E-state index contributed by atoms with van der Waals surface area (Å²) in [5, 5.41) is 6.93. The molecule has 2 atom stereocenters. The molecule has 0 radical (unpaired) electrons. The monoisotopic (exact) mass is 822 g/mol. The predicted octanol–water partition coefficient (Wildman–Crippen LogP) is 12.4. The van der Waals surface area contributed by atoms with Crippen LogP contribution in [0.1, 0.15) is 34.1 Å². The number of carbonyl (C=O) groups is 2. The molecule has 0 aromatic heterocycles. The van der Waals surface area contributed by atoms with Gasteiger partial charge in [-0.1, -0.05) is 213 Å². The van der Waals surface area contributed by atoms with Gasteiger partial charge in [-0.25, -0.2) is 9.59 Å². The molecule has 1 heterocycles. The molecule has 1 aliphatic rings. The first-order chi connectivity index (χ1) is 31.0. The molecule has 306 valence electrons.